The predicted molar refractivity (Wildman–Crippen MR) is 66.5 cm³/mol. The van der Waals surface area contributed by atoms with E-state index < -0.39 is 0 Å². The number of hydrogen-bond acceptors (Lipinski definition) is 2. The summed E-state index contributed by atoms with van der Waals surface area (Å²) >= 11 is 3.68. The van der Waals surface area contributed by atoms with Crippen molar-refractivity contribution in [2.24, 2.45) is 5.41 Å². The molecular weight excluding hydrogens is 254 g/mol. The molecule has 0 aromatic carbocycles. The van der Waals surface area contributed by atoms with E-state index in [-0.39, 0.29) is 0 Å². The standard InChI is InChI=1S/C12H22BrNO/c1-10-6-14(7-11(2)15-10)9-12(8-13)4-3-5-12/h10-11H,3-9H2,1-2H3/t10-,11+. The molecule has 2 rings (SSSR count). The molecule has 2 fully saturated rings. The Bertz CT molecular complexity index is 202. The van der Waals surface area contributed by atoms with Gasteiger partial charge in [0.15, 0.2) is 0 Å². The van der Waals surface area contributed by atoms with Crippen LogP contribution in [-0.2, 0) is 4.74 Å². The molecule has 0 aromatic rings. The summed E-state index contributed by atoms with van der Waals surface area (Å²) in [4.78, 5) is 2.60. The minimum atomic E-state index is 0.404. The molecule has 0 amide bonds. The third-order valence-electron chi connectivity index (χ3n) is 3.75. The molecule has 88 valence electrons. The topological polar surface area (TPSA) is 12.5 Å². The third-order valence-corrected chi connectivity index (χ3v) is 4.94. The first kappa shape index (κ1) is 11.9. The first-order valence-corrected chi connectivity index (χ1v) is 7.19. The van der Waals surface area contributed by atoms with Gasteiger partial charge in [-0.25, -0.2) is 0 Å². The molecular formula is C12H22BrNO. The Hall–Kier alpha value is 0.400. The van der Waals surface area contributed by atoms with Gasteiger partial charge in [0.1, 0.15) is 0 Å². The molecule has 0 N–H and O–H groups in total. The van der Waals surface area contributed by atoms with Gasteiger partial charge in [0.25, 0.3) is 0 Å². The van der Waals surface area contributed by atoms with Crippen LogP contribution in [0, 0.1) is 5.41 Å². The number of rotatable bonds is 3. The van der Waals surface area contributed by atoms with E-state index in [1.54, 1.807) is 0 Å². The zero-order valence-electron chi connectivity index (χ0n) is 9.84. The van der Waals surface area contributed by atoms with E-state index in [2.05, 4.69) is 34.7 Å². The van der Waals surface area contributed by atoms with Crippen molar-refractivity contribution in [2.45, 2.75) is 45.3 Å². The first-order valence-electron chi connectivity index (χ1n) is 6.07. The molecule has 1 saturated carbocycles. The van der Waals surface area contributed by atoms with Crippen LogP contribution < -0.4 is 0 Å². The highest BCUT2D eigenvalue weighted by Gasteiger charge is 2.38. The van der Waals surface area contributed by atoms with Crippen LogP contribution in [0.15, 0.2) is 0 Å². The van der Waals surface area contributed by atoms with Crippen molar-refractivity contribution in [1.82, 2.24) is 4.90 Å². The molecule has 1 saturated heterocycles. The van der Waals surface area contributed by atoms with Gasteiger partial charge in [0, 0.05) is 25.0 Å². The van der Waals surface area contributed by atoms with Crippen LogP contribution in [0.5, 0.6) is 0 Å². The molecule has 3 heteroatoms. The van der Waals surface area contributed by atoms with Crippen molar-refractivity contribution in [3.05, 3.63) is 0 Å². The normalized spacial score (nSPS) is 36.2. The maximum Gasteiger partial charge on any atom is 0.0678 e. The molecule has 0 unspecified atom stereocenters. The summed E-state index contributed by atoms with van der Waals surface area (Å²) in [5.41, 5.74) is 0.580. The number of ether oxygens (including phenoxy) is 1. The molecule has 0 bridgehead atoms. The van der Waals surface area contributed by atoms with E-state index in [1.807, 2.05) is 0 Å². The summed E-state index contributed by atoms with van der Waals surface area (Å²) in [7, 11) is 0. The molecule has 2 aliphatic rings. The molecule has 1 heterocycles. The lowest BCUT2D eigenvalue weighted by Gasteiger charge is -2.46. The fraction of sp³-hybridized carbons (Fsp3) is 1.00. The zero-order valence-corrected chi connectivity index (χ0v) is 11.4. The number of nitrogens with zero attached hydrogens (tertiary/aromatic N) is 1. The molecule has 1 aliphatic carbocycles. The van der Waals surface area contributed by atoms with Crippen LogP contribution in [0.2, 0.25) is 0 Å². The average Bonchev–Trinajstić information content (AvgIpc) is 2.10. The maximum absolute atomic E-state index is 5.76. The number of alkyl halides is 1. The van der Waals surface area contributed by atoms with Crippen molar-refractivity contribution >= 4 is 15.9 Å². The van der Waals surface area contributed by atoms with Gasteiger partial charge in [0.05, 0.1) is 12.2 Å². The largest absolute Gasteiger partial charge is 0.373 e. The molecule has 2 nitrogen and oxygen atoms in total. The third kappa shape index (κ3) is 2.75. The van der Waals surface area contributed by atoms with E-state index >= 15 is 0 Å². The van der Waals surface area contributed by atoms with Crippen molar-refractivity contribution in [2.75, 3.05) is 25.0 Å². The van der Waals surface area contributed by atoms with Gasteiger partial charge in [0.2, 0.25) is 0 Å². The first-order chi connectivity index (χ1) is 7.13. The summed E-state index contributed by atoms with van der Waals surface area (Å²) in [6.07, 6.45) is 5.03. The van der Waals surface area contributed by atoms with Crippen molar-refractivity contribution in [3.8, 4) is 0 Å². The lowest BCUT2D eigenvalue weighted by Crippen LogP contribution is -2.51. The van der Waals surface area contributed by atoms with E-state index in [9.17, 15) is 0 Å². The molecule has 0 spiro atoms. The smallest absolute Gasteiger partial charge is 0.0678 e. The average molecular weight is 276 g/mol. The predicted octanol–water partition coefficient (Wildman–Crippen LogP) is 2.66. The van der Waals surface area contributed by atoms with E-state index in [0.29, 0.717) is 17.6 Å². The summed E-state index contributed by atoms with van der Waals surface area (Å²) in [5.74, 6) is 0. The second kappa shape index (κ2) is 4.72. The Morgan fingerprint density at radius 1 is 1.27 bits per heavy atom. The van der Waals surface area contributed by atoms with Crippen molar-refractivity contribution in [3.63, 3.8) is 0 Å². The van der Waals surface area contributed by atoms with E-state index in [4.69, 9.17) is 4.74 Å². The van der Waals surface area contributed by atoms with E-state index in [1.165, 1.54) is 31.1 Å². The molecule has 1 aliphatic heterocycles. The van der Waals surface area contributed by atoms with Crippen LogP contribution in [0.3, 0.4) is 0 Å². The van der Waals surface area contributed by atoms with Gasteiger partial charge in [-0.05, 0) is 32.1 Å². The summed E-state index contributed by atoms with van der Waals surface area (Å²) < 4.78 is 5.76. The van der Waals surface area contributed by atoms with Crippen LogP contribution in [0.4, 0.5) is 0 Å². The number of hydrogen-bond donors (Lipinski definition) is 0. The number of morpholine rings is 1. The molecule has 15 heavy (non-hydrogen) atoms. The van der Waals surface area contributed by atoms with Gasteiger partial charge in [-0.3, -0.25) is 4.90 Å². The second-order valence-electron chi connectivity index (χ2n) is 5.44. The number of halogens is 1. The SMILES string of the molecule is C[C@@H]1CN(CC2(CBr)CCC2)C[C@H](C)O1. The van der Waals surface area contributed by atoms with Gasteiger partial charge in [-0.15, -0.1) is 0 Å². The van der Waals surface area contributed by atoms with Crippen LogP contribution in [-0.4, -0.2) is 42.1 Å². The Balaban J connectivity index is 1.87. The Morgan fingerprint density at radius 2 is 1.87 bits per heavy atom. The Kier molecular flexibility index (Phi) is 3.74. The molecule has 0 radical (unpaired) electrons. The van der Waals surface area contributed by atoms with Crippen LogP contribution >= 0.6 is 15.9 Å². The highest BCUT2D eigenvalue weighted by atomic mass is 79.9. The summed E-state index contributed by atoms with van der Waals surface area (Å²) in [6, 6.07) is 0. The van der Waals surface area contributed by atoms with Gasteiger partial charge in [-0.1, -0.05) is 22.4 Å². The van der Waals surface area contributed by atoms with Crippen molar-refractivity contribution < 1.29 is 4.74 Å². The fourth-order valence-electron chi connectivity index (χ4n) is 2.90. The van der Waals surface area contributed by atoms with E-state index in [0.717, 1.165) is 13.1 Å². The lowest BCUT2D eigenvalue weighted by atomic mass is 9.70. The van der Waals surface area contributed by atoms with Crippen molar-refractivity contribution in [1.29, 1.82) is 0 Å². The summed E-state index contributed by atoms with van der Waals surface area (Å²) in [5, 5.41) is 1.17. The minimum Gasteiger partial charge on any atom is -0.373 e. The highest BCUT2D eigenvalue weighted by molar-refractivity contribution is 9.09. The maximum atomic E-state index is 5.76. The van der Waals surface area contributed by atoms with Crippen LogP contribution in [0.25, 0.3) is 0 Å². The second-order valence-corrected chi connectivity index (χ2v) is 6.00. The quantitative estimate of drug-likeness (QED) is 0.735. The van der Waals surface area contributed by atoms with Gasteiger partial charge < -0.3 is 4.74 Å². The highest BCUT2D eigenvalue weighted by Crippen LogP contribution is 2.43. The van der Waals surface area contributed by atoms with Gasteiger partial charge >= 0.3 is 0 Å². The monoisotopic (exact) mass is 275 g/mol. The molecule has 2 atom stereocenters. The minimum absolute atomic E-state index is 0.404. The molecule has 0 aromatic heterocycles. The lowest BCUT2D eigenvalue weighted by molar-refractivity contribution is -0.0819. The fourth-order valence-corrected chi connectivity index (χ4v) is 3.64. The van der Waals surface area contributed by atoms with Crippen LogP contribution in [0.1, 0.15) is 33.1 Å². The zero-order chi connectivity index (χ0) is 10.9. The Morgan fingerprint density at radius 3 is 2.27 bits per heavy atom. The van der Waals surface area contributed by atoms with Gasteiger partial charge in [-0.2, -0.15) is 0 Å². The Labute approximate surface area is 101 Å². The summed E-state index contributed by atoms with van der Waals surface area (Å²) in [6.45, 7) is 7.85.